The molecule has 0 bridgehead atoms. The molecule has 2 rings (SSSR count). The highest BCUT2D eigenvalue weighted by Crippen LogP contribution is 2.23. The summed E-state index contributed by atoms with van der Waals surface area (Å²) in [5.41, 5.74) is -0.508. The Hall–Kier alpha value is -2.10. The van der Waals surface area contributed by atoms with Crippen LogP contribution in [0.3, 0.4) is 0 Å². The number of ether oxygens (including phenoxy) is 1. The maximum absolute atomic E-state index is 12.0. The molecule has 0 saturated carbocycles. The molecule has 0 aromatic carbocycles. The van der Waals surface area contributed by atoms with E-state index in [0.29, 0.717) is 32.6 Å². The highest BCUT2D eigenvalue weighted by molar-refractivity contribution is 6.38. The second-order valence-electron chi connectivity index (χ2n) is 7.50. The van der Waals surface area contributed by atoms with Crippen molar-refractivity contribution in [3.05, 3.63) is 0 Å². The number of carbonyl (C=O) groups is 3. The summed E-state index contributed by atoms with van der Waals surface area (Å²) >= 11 is 0. The van der Waals surface area contributed by atoms with E-state index in [-0.39, 0.29) is 12.0 Å². The van der Waals surface area contributed by atoms with Gasteiger partial charge in [-0.05, 0) is 46.0 Å². The minimum atomic E-state index is -0.789. The van der Waals surface area contributed by atoms with Crippen molar-refractivity contribution in [3.63, 3.8) is 0 Å². The number of nitriles is 1. The number of likely N-dealkylation sites (tertiary alicyclic amines) is 2. The van der Waals surface area contributed by atoms with Crippen molar-refractivity contribution in [1.82, 2.24) is 9.80 Å². The third-order valence-electron chi connectivity index (χ3n) is 4.40. The van der Waals surface area contributed by atoms with E-state index in [1.807, 2.05) is 26.8 Å². The van der Waals surface area contributed by atoms with Gasteiger partial charge in [0.15, 0.2) is 0 Å². The second-order valence-corrected chi connectivity index (χ2v) is 7.50. The summed E-state index contributed by atoms with van der Waals surface area (Å²) in [4.78, 5) is 39.1. The van der Waals surface area contributed by atoms with Crippen LogP contribution in [0.25, 0.3) is 0 Å². The van der Waals surface area contributed by atoms with Gasteiger partial charge in [0.25, 0.3) is 5.91 Å². The molecule has 2 heterocycles. The average molecular weight is 335 g/mol. The van der Waals surface area contributed by atoms with Crippen LogP contribution >= 0.6 is 0 Å². The molecule has 7 nitrogen and oxygen atoms in total. The summed E-state index contributed by atoms with van der Waals surface area (Å²) in [6.45, 7) is 7.67. The van der Waals surface area contributed by atoms with Crippen molar-refractivity contribution < 1.29 is 19.1 Å². The van der Waals surface area contributed by atoms with Crippen LogP contribution in [0.1, 0.15) is 40.0 Å². The molecule has 2 aliphatic rings. The standard InChI is InChI=1S/C17H25N3O4/c1-17(2,3)24-16(23)19-7-4-12(5-8-19)11-20-9-6-13(10-18)14(21)15(20)22/h12-13H,4-9,11H2,1-3H3. The minimum Gasteiger partial charge on any atom is -0.444 e. The largest absolute Gasteiger partial charge is 0.444 e. The van der Waals surface area contributed by atoms with Gasteiger partial charge in [0.1, 0.15) is 11.5 Å². The van der Waals surface area contributed by atoms with E-state index in [2.05, 4.69) is 0 Å². The molecular weight excluding hydrogens is 310 g/mol. The number of hydrogen-bond donors (Lipinski definition) is 0. The third-order valence-corrected chi connectivity index (χ3v) is 4.40. The fraction of sp³-hybridized carbons (Fsp3) is 0.765. The van der Waals surface area contributed by atoms with Gasteiger partial charge in [-0.15, -0.1) is 0 Å². The van der Waals surface area contributed by atoms with Crippen LogP contribution < -0.4 is 0 Å². The number of Topliss-reactive ketones (excluding diaryl/α,β-unsaturated/α-hetero) is 1. The van der Waals surface area contributed by atoms with Gasteiger partial charge in [0.2, 0.25) is 5.78 Å². The molecule has 0 radical (unpaired) electrons. The molecule has 132 valence electrons. The quantitative estimate of drug-likeness (QED) is 0.715. The van der Waals surface area contributed by atoms with Gasteiger partial charge in [0, 0.05) is 26.2 Å². The summed E-state index contributed by atoms with van der Waals surface area (Å²) in [6.07, 6.45) is 1.66. The number of hydrogen-bond acceptors (Lipinski definition) is 5. The Morgan fingerprint density at radius 3 is 2.38 bits per heavy atom. The summed E-state index contributed by atoms with van der Waals surface area (Å²) in [5.74, 6) is -1.65. The van der Waals surface area contributed by atoms with Gasteiger partial charge in [-0.2, -0.15) is 5.26 Å². The van der Waals surface area contributed by atoms with Crippen LogP contribution in [0.15, 0.2) is 0 Å². The molecule has 2 aliphatic heterocycles. The topological polar surface area (TPSA) is 90.7 Å². The van der Waals surface area contributed by atoms with E-state index in [1.165, 1.54) is 0 Å². The van der Waals surface area contributed by atoms with Crippen molar-refractivity contribution >= 4 is 17.8 Å². The van der Waals surface area contributed by atoms with Gasteiger partial charge < -0.3 is 14.5 Å². The zero-order valence-electron chi connectivity index (χ0n) is 14.6. The summed E-state index contributed by atoms with van der Waals surface area (Å²) in [6, 6.07) is 1.89. The van der Waals surface area contributed by atoms with Gasteiger partial charge in [-0.3, -0.25) is 9.59 Å². The van der Waals surface area contributed by atoms with Crippen LogP contribution in [0.2, 0.25) is 0 Å². The van der Waals surface area contributed by atoms with Gasteiger partial charge in [-0.1, -0.05) is 0 Å². The predicted molar refractivity (Wildman–Crippen MR) is 85.8 cm³/mol. The number of piperidine rings is 2. The zero-order valence-corrected chi connectivity index (χ0v) is 14.6. The molecule has 0 aromatic rings. The Labute approximate surface area is 142 Å². The third kappa shape index (κ3) is 4.47. The first-order valence-corrected chi connectivity index (χ1v) is 8.42. The van der Waals surface area contributed by atoms with Crippen LogP contribution in [0, 0.1) is 23.2 Å². The van der Waals surface area contributed by atoms with Crippen LogP contribution in [-0.4, -0.2) is 59.4 Å². The fourth-order valence-corrected chi connectivity index (χ4v) is 3.06. The van der Waals surface area contributed by atoms with Crippen molar-refractivity contribution in [2.24, 2.45) is 11.8 Å². The number of amides is 2. The van der Waals surface area contributed by atoms with Gasteiger partial charge >= 0.3 is 6.09 Å². The average Bonchev–Trinajstić information content (AvgIpc) is 2.51. The van der Waals surface area contributed by atoms with Gasteiger partial charge in [-0.25, -0.2) is 4.79 Å². The molecule has 1 atom stereocenters. The first kappa shape index (κ1) is 18.2. The Morgan fingerprint density at radius 2 is 1.83 bits per heavy atom. The van der Waals surface area contributed by atoms with E-state index >= 15 is 0 Å². The number of rotatable bonds is 2. The highest BCUT2D eigenvalue weighted by Gasteiger charge is 2.36. The summed E-state index contributed by atoms with van der Waals surface area (Å²) in [7, 11) is 0. The van der Waals surface area contributed by atoms with Gasteiger partial charge in [0.05, 0.1) is 6.07 Å². The van der Waals surface area contributed by atoms with E-state index in [0.717, 1.165) is 12.8 Å². The molecule has 2 saturated heterocycles. The molecule has 0 N–H and O–H groups in total. The molecule has 2 amide bonds. The van der Waals surface area contributed by atoms with E-state index in [1.54, 1.807) is 9.80 Å². The first-order chi connectivity index (χ1) is 11.2. The Morgan fingerprint density at radius 1 is 1.21 bits per heavy atom. The van der Waals surface area contributed by atoms with Crippen molar-refractivity contribution in [2.75, 3.05) is 26.2 Å². The van der Waals surface area contributed by atoms with E-state index in [9.17, 15) is 14.4 Å². The zero-order chi connectivity index (χ0) is 17.9. The Balaban J connectivity index is 1.81. The monoisotopic (exact) mass is 335 g/mol. The SMILES string of the molecule is CC(C)(C)OC(=O)N1CCC(CN2CCC(C#N)C(=O)C2=O)CC1. The number of carbonyl (C=O) groups excluding carboxylic acids is 3. The lowest BCUT2D eigenvalue weighted by molar-refractivity contribution is -0.149. The van der Waals surface area contributed by atoms with Crippen molar-refractivity contribution in [1.29, 1.82) is 5.26 Å². The molecule has 1 unspecified atom stereocenters. The Kier molecular flexibility index (Phi) is 5.47. The molecular formula is C17H25N3O4. The van der Waals surface area contributed by atoms with E-state index < -0.39 is 23.2 Å². The van der Waals surface area contributed by atoms with Crippen molar-refractivity contribution in [3.8, 4) is 6.07 Å². The lowest BCUT2D eigenvalue weighted by Crippen LogP contribution is -2.49. The fourth-order valence-electron chi connectivity index (χ4n) is 3.06. The summed E-state index contributed by atoms with van der Waals surface area (Å²) < 4.78 is 5.36. The van der Waals surface area contributed by atoms with Crippen LogP contribution in [0.5, 0.6) is 0 Å². The normalized spacial score (nSPS) is 23.2. The lowest BCUT2D eigenvalue weighted by atomic mass is 9.92. The number of ketones is 1. The molecule has 7 heteroatoms. The van der Waals surface area contributed by atoms with Crippen LogP contribution in [-0.2, 0) is 14.3 Å². The maximum Gasteiger partial charge on any atom is 0.410 e. The minimum absolute atomic E-state index is 0.263. The van der Waals surface area contributed by atoms with Crippen LogP contribution in [0.4, 0.5) is 4.79 Å². The molecule has 2 fully saturated rings. The molecule has 0 aliphatic carbocycles. The highest BCUT2D eigenvalue weighted by atomic mass is 16.6. The number of nitrogens with zero attached hydrogens (tertiary/aromatic N) is 3. The lowest BCUT2D eigenvalue weighted by Gasteiger charge is -2.36. The molecule has 0 aromatic heterocycles. The second kappa shape index (κ2) is 7.20. The smallest absolute Gasteiger partial charge is 0.410 e. The Bertz CT molecular complexity index is 553. The first-order valence-electron chi connectivity index (χ1n) is 8.42. The summed E-state index contributed by atoms with van der Waals surface area (Å²) in [5, 5.41) is 8.86. The van der Waals surface area contributed by atoms with E-state index in [4.69, 9.17) is 10.00 Å². The van der Waals surface area contributed by atoms with Crippen molar-refractivity contribution in [2.45, 2.75) is 45.6 Å². The molecule has 0 spiro atoms. The maximum atomic E-state index is 12.0. The predicted octanol–water partition coefficient (Wildman–Crippen LogP) is 1.57. The molecule has 24 heavy (non-hydrogen) atoms.